The Kier molecular flexibility index (Phi) is 6.55. The van der Waals surface area contributed by atoms with Crippen LogP contribution in [0.15, 0.2) is 33.9 Å². The molecule has 0 radical (unpaired) electrons. The van der Waals surface area contributed by atoms with Crippen LogP contribution in [-0.4, -0.2) is 41.8 Å². The van der Waals surface area contributed by atoms with Crippen LogP contribution in [0, 0.1) is 0 Å². The van der Waals surface area contributed by atoms with Crippen molar-refractivity contribution >= 4 is 23.4 Å². The third kappa shape index (κ3) is 5.13. The molecular weight excluding hydrogens is 364 g/mol. The van der Waals surface area contributed by atoms with E-state index in [1.54, 1.807) is 6.20 Å². The molecule has 0 aromatic carbocycles. The van der Waals surface area contributed by atoms with E-state index in [0.717, 1.165) is 49.3 Å². The zero-order valence-electron chi connectivity index (χ0n) is 16.1. The van der Waals surface area contributed by atoms with Crippen molar-refractivity contribution in [1.82, 2.24) is 20.8 Å². The minimum absolute atomic E-state index is 0.279. The van der Waals surface area contributed by atoms with Gasteiger partial charge >= 0.3 is 0 Å². The van der Waals surface area contributed by atoms with Crippen molar-refractivity contribution in [3.05, 3.63) is 40.9 Å². The molecule has 146 valence electrons. The third-order valence-electron chi connectivity index (χ3n) is 4.47. The first-order chi connectivity index (χ1) is 13.1. The number of hydrogen-bond acceptors (Lipinski definition) is 5. The summed E-state index contributed by atoms with van der Waals surface area (Å²) in [4.78, 5) is 11.2. The summed E-state index contributed by atoms with van der Waals surface area (Å²) in [5.41, 5.74) is 0.955. The summed E-state index contributed by atoms with van der Waals surface area (Å²) < 4.78 is 5.37. The van der Waals surface area contributed by atoms with Gasteiger partial charge in [-0.2, -0.15) is 0 Å². The molecule has 3 rings (SSSR count). The Balaban J connectivity index is 1.60. The topological polar surface area (TPSA) is 78.6 Å². The number of guanidine groups is 1. The molecule has 2 aromatic heterocycles. The fourth-order valence-corrected chi connectivity index (χ4v) is 3.27. The monoisotopic (exact) mass is 390 g/mol. The van der Waals surface area contributed by atoms with E-state index in [1.165, 1.54) is 0 Å². The fourth-order valence-electron chi connectivity index (χ4n) is 3.03. The van der Waals surface area contributed by atoms with Gasteiger partial charge in [-0.15, -0.1) is 0 Å². The molecule has 1 aliphatic heterocycles. The number of hydrogen-bond donors (Lipinski definition) is 2. The van der Waals surface area contributed by atoms with Gasteiger partial charge in [-0.1, -0.05) is 30.6 Å². The van der Waals surface area contributed by atoms with Crippen LogP contribution in [0.25, 0.3) is 0 Å². The van der Waals surface area contributed by atoms with E-state index in [1.807, 2.05) is 18.2 Å². The Morgan fingerprint density at radius 1 is 1.48 bits per heavy atom. The van der Waals surface area contributed by atoms with Crippen molar-refractivity contribution < 1.29 is 4.52 Å². The molecule has 2 aromatic rings. The SMILES string of the molecule is CCNC(=NCc1cc(C(C)C)no1)NC1CCN(c2ncccc2Cl)C1. The van der Waals surface area contributed by atoms with Crippen LogP contribution in [0.3, 0.4) is 0 Å². The fraction of sp³-hybridized carbons (Fsp3) is 0.526. The van der Waals surface area contributed by atoms with Gasteiger partial charge in [0.1, 0.15) is 12.4 Å². The smallest absolute Gasteiger partial charge is 0.191 e. The van der Waals surface area contributed by atoms with Gasteiger partial charge in [-0.25, -0.2) is 9.98 Å². The van der Waals surface area contributed by atoms with E-state index >= 15 is 0 Å². The minimum atomic E-state index is 0.279. The van der Waals surface area contributed by atoms with Gasteiger partial charge in [-0.05, 0) is 31.4 Å². The van der Waals surface area contributed by atoms with E-state index in [2.05, 4.69) is 51.4 Å². The van der Waals surface area contributed by atoms with Crippen molar-refractivity contribution in [3.8, 4) is 0 Å². The number of halogens is 1. The standard InChI is InChI=1S/C19H27ClN6O/c1-4-21-19(23-11-15-10-17(13(2)3)25-27-15)24-14-7-9-26(12-14)18-16(20)6-5-8-22-18/h5-6,8,10,13-14H,4,7,9,11-12H2,1-3H3,(H2,21,23,24). The van der Waals surface area contributed by atoms with Crippen molar-refractivity contribution in [2.45, 2.75) is 45.7 Å². The van der Waals surface area contributed by atoms with E-state index in [9.17, 15) is 0 Å². The lowest BCUT2D eigenvalue weighted by atomic mass is 10.1. The summed E-state index contributed by atoms with van der Waals surface area (Å²) in [6, 6.07) is 5.97. The number of nitrogens with one attached hydrogen (secondary N) is 2. The highest BCUT2D eigenvalue weighted by Gasteiger charge is 2.25. The lowest BCUT2D eigenvalue weighted by Gasteiger charge is -2.20. The summed E-state index contributed by atoms with van der Waals surface area (Å²) in [5.74, 6) is 2.73. The van der Waals surface area contributed by atoms with Crippen LogP contribution < -0.4 is 15.5 Å². The van der Waals surface area contributed by atoms with Crippen molar-refractivity contribution in [3.63, 3.8) is 0 Å². The Labute approximate surface area is 165 Å². The summed E-state index contributed by atoms with van der Waals surface area (Å²) in [7, 11) is 0. The molecule has 1 fully saturated rings. The second kappa shape index (κ2) is 9.08. The Bertz CT molecular complexity index is 775. The average Bonchev–Trinajstić information content (AvgIpc) is 3.30. The van der Waals surface area contributed by atoms with E-state index in [-0.39, 0.29) is 6.04 Å². The Morgan fingerprint density at radius 2 is 2.33 bits per heavy atom. The van der Waals surface area contributed by atoms with Crippen LogP contribution in [0.4, 0.5) is 5.82 Å². The molecule has 1 saturated heterocycles. The molecular formula is C19H27ClN6O. The van der Waals surface area contributed by atoms with Crippen molar-refractivity contribution in [2.24, 2.45) is 4.99 Å². The third-order valence-corrected chi connectivity index (χ3v) is 4.77. The Hall–Kier alpha value is -2.28. The van der Waals surface area contributed by atoms with Crippen molar-refractivity contribution in [2.75, 3.05) is 24.5 Å². The summed E-state index contributed by atoms with van der Waals surface area (Å²) >= 11 is 6.27. The molecule has 0 aliphatic carbocycles. The first kappa shape index (κ1) is 19.5. The molecule has 0 bridgehead atoms. The average molecular weight is 391 g/mol. The first-order valence-corrected chi connectivity index (χ1v) is 9.80. The van der Waals surface area contributed by atoms with Crippen LogP contribution >= 0.6 is 11.6 Å². The zero-order valence-corrected chi connectivity index (χ0v) is 16.8. The second-order valence-corrected chi connectivity index (χ2v) is 7.36. The molecule has 0 amide bonds. The van der Waals surface area contributed by atoms with Crippen LogP contribution in [0.1, 0.15) is 44.6 Å². The molecule has 1 atom stereocenters. The maximum Gasteiger partial charge on any atom is 0.191 e. The molecule has 3 heterocycles. The van der Waals surface area contributed by atoms with E-state index in [4.69, 9.17) is 16.1 Å². The maximum absolute atomic E-state index is 6.27. The molecule has 2 N–H and O–H groups in total. The number of pyridine rings is 1. The van der Waals surface area contributed by atoms with E-state index in [0.29, 0.717) is 17.5 Å². The van der Waals surface area contributed by atoms with Gasteiger partial charge in [0.25, 0.3) is 0 Å². The largest absolute Gasteiger partial charge is 0.359 e. The quantitative estimate of drug-likeness (QED) is 0.582. The first-order valence-electron chi connectivity index (χ1n) is 9.42. The number of rotatable bonds is 6. The van der Waals surface area contributed by atoms with Gasteiger partial charge in [0, 0.05) is 37.9 Å². The van der Waals surface area contributed by atoms with Crippen LogP contribution in [-0.2, 0) is 6.54 Å². The normalized spacial score (nSPS) is 17.6. The van der Waals surface area contributed by atoms with Gasteiger partial charge in [0.05, 0.1) is 10.7 Å². The number of aromatic nitrogens is 2. The molecule has 1 aliphatic rings. The molecule has 0 saturated carbocycles. The van der Waals surface area contributed by atoms with Gasteiger partial charge < -0.3 is 20.1 Å². The summed E-state index contributed by atoms with van der Waals surface area (Å²) in [6.07, 6.45) is 2.77. The maximum atomic E-state index is 6.27. The van der Waals surface area contributed by atoms with Crippen molar-refractivity contribution in [1.29, 1.82) is 0 Å². The van der Waals surface area contributed by atoms with E-state index < -0.39 is 0 Å². The predicted octanol–water partition coefficient (Wildman–Crippen LogP) is 3.18. The molecule has 27 heavy (non-hydrogen) atoms. The summed E-state index contributed by atoms with van der Waals surface area (Å²) in [6.45, 7) is 9.23. The highest BCUT2D eigenvalue weighted by molar-refractivity contribution is 6.32. The van der Waals surface area contributed by atoms with Crippen LogP contribution in [0.2, 0.25) is 5.02 Å². The Morgan fingerprint density at radius 3 is 3.04 bits per heavy atom. The highest BCUT2D eigenvalue weighted by atomic mass is 35.5. The molecule has 7 nitrogen and oxygen atoms in total. The van der Waals surface area contributed by atoms with Gasteiger partial charge in [-0.3, -0.25) is 0 Å². The minimum Gasteiger partial charge on any atom is -0.359 e. The number of aliphatic imine (C=N–C) groups is 1. The molecule has 0 spiro atoms. The second-order valence-electron chi connectivity index (χ2n) is 6.95. The zero-order chi connectivity index (χ0) is 19.2. The lowest BCUT2D eigenvalue weighted by molar-refractivity contribution is 0.376. The van der Waals surface area contributed by atoms with Crippen LogP contribution in [0.5, 0.6) is 0 Å². The predicted molar refractivity (Wildman–Crippen MR) is 108 cm³/mol. The lowest BCUT2D eigenvalue weighted by Crippen LogP contribution is -2.44. The van der Waals surface area contributed by atoms with Gasteiger partial charge in [0.15, 0.2) is 11.7 Å². The number of nitrogens with zero attached hydrogens (tertiary/aromatic N) is 4. The van der Waals surface area contributed by atoms with Gasteiger partial charge in [0.2, 0.25) is 0 Å². The summed E-state index contributed by atoms with van der Waals surface area (Å²) in [5, 5.41) is 11.6. The number of anilines is 1. The highest BCUT2D eigenvalue weighted by Crippen LogP contribution is 2.25. The molecule has 8 heteroatoms. The molecule has 1 unspecified atom stereocenters.